The van der Waals surface area contributed by atoms with Gasteiger partial charge in [-0.2, -0.15) is 0 Å². The van der Waals surface area contributed by atoms with Gasteiger partial charge in [0, 0.05) is 44.1 Å². The number of ether oxygens (including phenoxy) is 1. The van der Waals surface area contributed by atoms with Crippen molar-refractivity contribution in [2.75, 3.05) is 46.4 Å². The first-order valence-corrected chi connectivity index (χ1v) is 8.97. The molecule has 1 unspecified atom stereocenters. The van der Waals surface area contributed by atoms with Crippen molar-refractivity contribution in [1.82, 2.24) is 15.1 Å². The van der Waals surface area contributed by atoms with Gasteiger partial charge in [0.05, 0.1) is 24.1 Å². The summed E-state index contributed by atoms with van der Waals surface area (Å²) in [6.45, 7) is 6.72. The second-order valence-corrected chi connectivity index (χ2v) is 7.44. The highest BCUT2D eigenvalue weighted by Crippen LogP contribution is 2.21. The fourth-order valence-electron chi connectivity index (χ4n) is 3.12. The maximum absolute atomic E-state index is 5.98. The third kappa shape index (κ3) is 5.19. The van der Waals surface area contributed by atoms with Crippen molar-refractivity contribution in [1.29, 1.82) is 0 Å². The second-order valence-electron chi connectivity index (χ2n) is 5.64. The summed E-state index contributed by atoms with van der Waals surface area (Å²) in [5.41, 5.74) is 0. The molecule has 1 N–H and O–H groups in total. The molecule has 0 saturated carbocycles. The first-order chi connectivity index (χ1) is 10.8. The Bertz CT molecular complexity index is 521. The molecule has 0 amide bonds. The number of nitrogens with one attached hydrogen (secondary N) is 1. The Labute approximate surface area is 164 Å². The predicted octanol–water partition coefficient (Wildman–Crippen LogP) is 2.50. The van der Waals surface area contributed by atoms with Crippen LogP contribution in [0.15, 0.2) is 17.1 Å². The Kier molecular flexibility index (Phi) is 7.87. The molecule has 23 heavy (non-hydrogen) atoms. The third-order valence-corrected chi connectivity index (χ3v) is 5.52. The molecule has 5 nitrogen and oxygen atoms in total. The lowest BCUT2D eigenvalue weighted by Gasteiger charge is -2.32. The number of likely N-dealkylation sites (tertiary alicyclic amines) is 1. The van der Waals surface area contributed by atoms with E-state index in [0.717, 1.165) is 56.2 Å². The van der Waals surface area contributed by atoms with E-state index < -0.39 is 0 Å². The average Bonchev–Trinajstić information content (AvgIpc) is 3.18. The van der Waals surface area contributed by atoms with E-state index >= 15 is 0 Å². The normalized spacial score (nSPS) is 23.0. The van der Waals surface area contributed by atoms with E-state index in [1.54, 1.807) is 11.3 Å². The molecule has 0 aromatic carbocycles. The smallest absolute Gasteiger partial charge is 0.193 e. The van der Waals surface area contributed by atoms with E-state index in [0.29, 0.717) is 6.04 Å². The Morgan fingerprint density at radius 3 is 2.83 bits per heavy atom. The van der Waals surface area contributed by atoms with Crippen molar-refractivity contribution in [2.45, 2.75) is 19.0 Å². The van der Waals surface area contributed by atoms with E-state index in [4.69, 9.17) is 16.3 Å². The third-order valence-electron chi connectivity index (χ3n) is 4.29. The van der Waals surface area contributed by atoms with Gasteiger partial charge in [-0.1, -0.05) is 11.6 Å². The van der Waals surface area contributed by atoms with Gasteiger partial charge in [-0.05, 0) is 18.6 Å². The number of guanidine groups is 1. The van der Waals surface area contributed by atoms with Crippen LogP contribution in [0, 0.1) is 0 Å². The van der Waals surface area contributed by atoms with Crippen LogP contribution in [0.4, 0.5) is 0 Å². The van der Waals surface area contributed by atoms with Gasteiger partial charge < -0.3 is 15.0 Å². The van der Waals surface area contributed by atoms with Crippen LogP contribution in [-0.2, 0) is 11.3 Å². The summed E-state index contributed by atoms with van der Waals surface area (Å²) in [6, 6.07) is 4.63. The molecule has 0 spiro atoms. The average molecular weight is 471 g/mol. The standard InChI is InChI=1S/C15H23ClN4OS.HI/c1-17-15(18-10-13-2-3-14(16)22-13)20-5-4-12(11-20)19-6-8-21-9-7-19;/h2-3,12H,4-11H2,1H3,(H,17,18);1H. The van der Waals surface area contributed by atoms with Crippen LogP contribution in [-0.4, -0.2) is 68.2 Å². The van der Waals surface area contributed by atoms with E-state index in [2.05, 4.69) is 26.2 Å². The molecule has 2 aliphatic heterocycles. The number of nitrogens with zero attached hydrogens (tertiary/aromatic N) is 3. The predicted molar refractivity (Wildman–Crippen MR) is 107 cm³/mol. The van der Waals surface area contributed by atoms with Crippen LogP contribution in [0.1, 0.15) is 11.3 Å². The van der Waals surface area contributed by atoms with Gasteiger partial charge in [-0.25, -0.2) is 0 Å². The minimum absolute atomic E-state index is 0. The molecule has 2 saturated heterocycles. The molecular weight excluding hydrogens is 447 g/mol. The maximum Gasteiger partial charge on any atom is 0.193 e. The number of thiophene rings is 1. The summed E-state index contributed by atoms with van der Waals surface area (Å²) in [7, 11) is 1.85. The number of halogens is 2. The monoisotopic (exact) mass is 470 g/mol. The summed E-state index contributed by atoms with van der Waals surface area (Å²) in [4.78, 5) is 10.6. The van der Waals surface area contributed by atoms with E-state index in [-0.39, 0.29) is 24.0 Å². The van der Waals surface area contributed by atoms with Crippen LogP contribution in [0.5, 0.6) is 0 Å². The highest BCUT2D eigenvalue weighted by molar-refractivity contribution is 14.0. The maximum atomic E-state index is 5.98. The van der Waals surface area contributed by atoms with Gasteiger partial charge in [0.2, 0.25) is 0 Å². The van der Waals surface area contributed by atoms with Gasteiger partial charge in [-0.15, -0.1) is 35.3 Å². The summed E-state index contributed by atoms with van der Waals surface area (Å²) >= 11 is 7.59. The van der Waals surface area contributed by atoms with Crippen molar-refractivity contribution in [2.24, 2.45) is 4.99 Å². The summed E-state index contributed by atoms with van der Waals surface area (Å²) in [6.07, 6.45) is 1.20. The number of hydrogen-bond acceptors (Lipinski definition) is 4. The fraction of sp³-hybridized carbons (Fsp3) is 0.667. The molecule has 3 rings (SSSR count). The molecule has 3 heterocycles. The topological polar surface area (TPSA) is 40.1 Å². The number of rotatable bonds is 3. The van der Waals surface area contributed by atoms with Crippen molar-refractivity contribution in [3.8, 4) is 0 Å². The minimum atomic E-state index is 0. The summed E-state index contributed by atoms with van der Waals surface area (Å²) in [5.74, 6) is 0.986. The van der Waals surface area contributed by atoms with E-state index in [1.165, 1.54) is 11.3 Å². The highest BCUT2D eigenvalue weighted by atomic mass is 127. The molecule has 130 valence electrons. The summed E-state index contributed by atoms with van der Waals surface area (Å²) < 4.78 is 6.28. The van der Waals surface area contributed by atoms with Crippen molar-refractivity contribution < 1.29 is 4.74 Å². The quantitative estimate of drug-likeness (QED) is 0.419. The molecule has 1 atom stereocenters. The zero-order valence-electron chi connectivity index (χ0n) is 13.3. The molecule has 2 aliphatic rings. The second kappa shape index (κ2) is 9.41. The Balaban J connectivity index is 0.00000192. The molecule has 1 aromatic rings. The molecule has 0 aliphatic carbocycles. The lowest BCUT2D eigenvalue weighted by atomic mass is 10.2. The Morgan fingerprint density at radius 2 is 2.17 bits per heavy atom. The number of aliphatic imine (C=N–C) groups is 1. The van der Waals surface area contributed by atoms with Crippen LogP contribution < -0.4 is 5.32 Å². The van der Waals surface area contributed by atoms with E-state index in [1.807, 2.05) is 13.1 Å². The molecule has 0 bridgehead atoms. The summed E-state index contributed by atoms with van der Waals surface area (Å²) in [5, 5.41) is 3.45. The molecule has 1 aromatic heterocycles. The number of morpholine rings is 1. The Morgan fingerprint density at radius 1 is 1.39 bits per heavy atom. The zero-order valence-corrected chi connectivity index (χ0v) is 17.2. The lowest BCUT2D eigenvalue weighted by Crippen LogP contribution is -2.46. The van der Waals surface area contributed by atoms with E-state index in [9.17, 15) is 0 Å². The number of hydrogen-bond donors (Lipinski definition) is 1. The first-order valence-electron chi connectivity index (χ1n) is 7.78. The molecule has 2 fully saturated rings. The van der Waals surface area contributed by atoms with Gasteiger partial charge in [0.25, 0.3) is 0 Å². The van der Waals surface area contributed by atoms with Gasteiger partial charge in [0.15, 0.2) is 5.96 Å². The van der Waals surface area contributed by atoms with Crippen LogP contribution in [0.3, 0.4) is 0 Å². The minimum Gasteiger partial charge on any atom is -0.379 e. The SMILES string of the molecule is CN=C(NCc1ccc(Cl)s1)N1CCC(N2CCOCC2)C1.I. The molecular formula is C15H24ClIN4OS. The van der Waals surface area contributed by atoms with Gasteiger partial charge >= 0.3 is 0 Å². The molecule has 8 heteroatoms. The van der Waals surface area contributed by atoms with Crippen molar-refractivity contribution in [3.05, 3.63) is 21.3 Å². The van der Waals surface area contributed by atoms with Crippen molar-refractivity contribution >= 4 is 52.9 Å². The largest absolute Gasteiger partial charge is 0.379 e. The van der Waals surface area contributed by atoms with Gasteiger partial charge in [-0.3, -0.25) is 9.89 Å². The van der Waals surface area contributed by atoms with Crippen LogP contribution in [0.25, 0.3) is 0 Å². The highest BCUT2D eigenvalue weighted by Gasteiger charge is 2.30. The Hall–Kier alpha value is -0.0900. The lowest BCUT2D eigenvalue weighted by molar-refractivity contribution is 0.0195. The van der Waals surface area contributed by atoms with Gasteiger partial charge in [0.1, 0.15) is 0 Å². The fourth-order valence-corrected chi connectivity index (χ4v) is 4.15. The van der Waals surface area contributed by atoms with Crippen molar-refractivity contribution in [3.63, 3.8) is 0 Å². The molecule has 0 radical (unpaired) electrons. The van der Waals surface area contributed by atoms with Crippen LogP contribution in [0.2, 0.25) is 4.34 Å². The zero-order chi connectivity index (χ0) is 15.4. The first kappa shape index (κ1) is 19.2. The van der Waals surface area contributed by atoms with Crippen LogP contribution >= 0.6 is 46.9 Å².